The van der Waals surface area contributed by atoms with Gasteiger partial charge in [-0.2, -0.15) is 0 Å². The molecule has 2 amide bonds. The summed E-state index contributed by atoms with van der Waals surface area (Å²) in [6.07, 6.45) is 4.66. The number of fused-ring (bicyclic) bond motifs is 1. The van der Waals surface area contributed by atoms with Crippen LogP contribution in [0, 0.1) is 0 Å². The van der Waals surface area contributed by atoms with E-state index < -0.39 is 5.97 Å². The lowest BCUT2D eigenvalue weighted by Gasteiger charge is -2.10. The van der Waals surface area contributed by atoms with Crippen molar-refractivity contribution in [1.29, 1.82) is 0 Å². The number of amides is 2. The van der Waals surface area contributed by atoms with E-state index in [4.69, 9.17) is 5.11 Å². The van der Waals surface area contributed by atoms with Crippen LogP contribution in [0.15, 0.2) is 91.4 Å². The second-order valence-corrected chi connectivity index (χ2v) is 9.42. The summed E-state index contributed by atoms with van der Waals surface area (Å²) in [7, 11) is 0. The van der Waals surface area contributed by atoms with Crippen molar-refractivity contribution >= 4 is 51.6 Å². The van der Waals surface area contributed by atoms with E-state index in [1.165, 1.54) is 6.33 Å². The first-order valence-electron chi connectivity index (χ1n) is 13.1. The number of hydrogen-bond acceptors (Lipinski definition) is 6. The molecule has 0 fully saturated rings. The van der Waals surface area contributed by atoms with Crippen LogP contribution in [0.4, 0.5) is 22.9 Å². The number of rotatable bonds is 11. The Morgan fingerprint density at radius 2 is 1.56 bits per heavy atom. The number of carbonyl (C=O) groups is 3. The van der Waals surface area contributed by atoms with Gasteiger partial charge >= 0.3 is 5.97 Å². The van der Waals surface area contributed by atoms with Crippen molar-refractivity contribution in [2.45, 2.75) is 25.7 Å². The quantitative estimate of drug-likeness (QED) is 0.123. The highest BCUT2D eigenvalue weighted by molar-refractivity contribution is 6.05. The molecule has 2 heterocycles. The maximum Gasteiger partial charge on any atom is 0.303 e. The smallest absolute Gasteiger partial charge is 0.303 e. The number of anilines is 4. The van der Waals surface area contributed by atoms with E-state index >= 15 is 0 Å². The number of aromatic nitrogens is 3. The Kier molecular flexibility index (Phi) is 8.30. The molecular formula is C31H28N6O4. The molecule has 0 radical (unpaired) electrons. The van der Waals surface area contributed by atoms with Crippen LogP contribution >= 0.6 is 0 Å². The van der Waals surface area contributed by atoms with Gasteiger partial charge in [0.05, 0.1) is 5.69 Å². The van der Waals surface area contributed by atoms with E-state index in [1.54, 1.807) is 30.3 Å². The number of H-pyrrole nitrogens is 1. The van der Waals surface area contributed by atoms with E-state index in [9.17, 15) is 14.4 Å². The molecule has 0 unspecified atom stereocenters. The first-order valence-corrected chi connectivity index (χ1v) is 13.1. The average molecular weight is 549 g/mol. The molecule has 0 bridgehead atoms. The molecule has 5 aromatic rings. The van der Waals surface area contributed by atoms with Crippen LogP contribution < -0.4 is 16.0 Å². The molecule has 0 aliphatic rings. The molecule has 10 nitrogen and oxygen atoms in total. The summed E-state index contributed by atoms with van der Waals surface area (Å²) in [5, 5.41) is 18.7. The summed E-state index contributed by atoms with van der Waals surface area (Å²) in [6, 6.07) is 23.8. The lowest BCUT2D eigenvalue weighted by Crippen LogP contribution is -2.13. The highest BCUT2D eigenvalue weighted by Gasteiger charge is 2.11. The number of carboxylic acid groups (broad SMARTS) is 1. The molecule has 206 valence electrons. The summed E-state index contributed by atoms with van der Waals surface area (Å²) in [5.74, 6) is -0.751. The van der Waals surface area contributed by atoms with Crippen molar-refractivity contribution in [3.05, 3.63) is 97.0 Å². The van der Waals surface area contributed by atoms with Gasteiger partial charge in [0.2, 0.25) is 5.91 Å². The Hall–Kier alpha value is -5.51. The van der Waals surface area contributed by atoms with Crippen LogP contribution in [0.1, 0.15) is 36.0 Å². The van der Waals surface area contributed by atoms with Crippen molar-refractivity contribution in [2.75, 3.05) is 16.0 Å². The number of hydrogen-bond donors (Lipinski definition) is 5. The number of carboxylic acids is 1. The summed E-state index contributed by atoms with van der Waals surface area (Å²) in [6.45, 7) is 0. The van der Waals surface area contributed by atoms with Gasteiger partial charge in [0.1, 0.15) is 12.1 Å². The summed E-state index contributed by atoms with van der Waals surface area (Å²) < 4.78 is 0. The standard InChI is InChI=1S/C31H28N6O4/c38-29(10-3-4-11-30(39)40)36-21-14-12-20(13-15-21)31(41)37-23-7-5-6-22(16-23)35-28-17-27(33-19-34-28)25-18-32-26-9-2-1-8-24(25)26/h1-2,5-9,12-19,32H,3-4,10-11H2,(H,36,38)(H,37,41)(H,39,40)(H,33,34,35). The summed E-state index contributed by atoms with van der Waals surface area (Å²) >= 11 is 0. The number of benzene rings is 3. The zero-order valence-corrected chi connectivity index (χ0v) is 22.1. The van der Waals surface area contributed by atoms with Crippen LogP contribution in [0.5, 0.6) is 0 Å². The normalized spacial score (nSPS) is 10.7. The second-order valence-electron chi connectivity index (χ2n) is 9.42. The number of para-hydroxylation sites is 1. The molecule has 3 aromatic carbocycles. The van der Waals surface area contributed by atoms with Gasteiger partial charge in [-0.15, -0.1) is 0 Å². The molecule has 0 aliphatic carbocycles. The number of carbonyl (C=O) groups excluding carboxylic acids is 2. The molecule has 5 N–H and O–H groups in total. The molecule has 10 heteroatoms. The Labute approximate surface area is 235 Å². The Morgan fingerprint density at radius 3 is 2.39 bits per heavy atom. The minimum atomic E-state index is -0.871. The number of unbranched alkanes of at least 4 members (excludes halogenated alkanes) is 1. The first-order chi connectivity index (χ1) is 19.9. The van der Waals surface area contributed by atoms with E-state index in [-0.39, 0.29) is 24.7 Å². The Balaban J connectivity index is 1.18. The average Bonchev–Trinajstić information content (AvgIpc) is 3.40. The minimum Gasteiger partial charge on any atom is -0.481 e. The zero-order chi connectivity index (χ0) is 28.6. The van der Waals surface area contributed by atoms with Gasteiger partial charge in [0, 0.05) is 64.2 Å². The van der Waals surface area contributed by atoms with Gasteiger partial charge < -0.3 is 26.0 Å². The lowest BCUT2D eigenvalue weighted by atomic mass is 10.1. The third-order valence-corrected chi connectivity index (χ3v) is 6.40. The van der Waals surface area contributed by atoms with Gasteiger partial charge in [-0.3, -0.25) is 14.4 Å². The molecule has 0 atom stereocenters. The van der Waals surface area contributed by atoms with Crippen molar-refractivity contribution in [2.24, 2.45) is 0 Å². The summed E-state index contributed by atoms with van der Waals surface area (Å²) in [5.41, 5.74) is 5.13. The van der Waals surface area contributed by atoms with Crippen molar-refractivity contribution < 1.29 is 19.5 Å². The first kappa shape index (κ1) is 27.1. The fourth-order valence-corrected chi connectivity index (χ4v) is 4.37. The maximum absolute atomic E-state index is 12.8. The fraction of sp³-hybridized carbons (Fsp3) is 0.129. The van der Waals surface area contributed by atoms with Gasteiger partial charge in [-0.25, -0.2) is 9.97 Å². The van der Waals surface area contributed by atoms with Crippen molar-refractivity contribution in [1.82, 2.24) is 15.0 Å². The van der Waals surface area contributed by atoms with Crippen molar-refractivity contribution in [3.8, 4) is 11.3 Å². The maximum atomic E-state index is 12.8. The molecule has 0 aliphatic heterocycles. The van der Waals surface area contributed by atoms with E-state index in [0.717, 1.165) is 27.8 Å². The number of aromatic amines is 1. The fourth-order valence-electron chi connectivity index (χ4n) is 4.37. The molecular weight excluding hydrogens is 520 g/mol. The largest absolute Gasteiger partial charge is 0.481 e. The SMILES string of the molecule is O=C(O)CCCCC(=O)Nc1ccc(C(=O)Nc2cccc(Nc3cc(-c4c[nH]c5ccccc45)ncn3)c2)cc1. The predicted octanol–water partition coefficient (Wildman–Crippen LogP) is 6.20. The second kappa shape index (κ2) is 12.6. The number of aliphatic carboxylic acids is 1. The molecule has 0 saturated heterocycles. The number of nitrogens with one attached hydrogen (secondary N) is 4. The van der Waals surface area contributed by atoms with Gasteiger partial charge in [0.15, 0.2) is 0 Å². The molecule has 41 heavy (non-hydrogen) atoms. The van der Waals surface area contributed by atoms with Crippen LogP contribution in [-0.2, 0) is 9.59 Å². The number of nitrogens with zero attached hydrogens (tertiary/aromatic N) is 2. The van der Waals surface area contributed by atoms with Crippen LogP contribution in [-0.4, -0.2) is 37.8 Å². The van der Waals surface area contributed by atoms with Gasteiger partial charge in [-0.1, -0.05) is 24.3 Å². The molecule has 5 rings (SSSR count). The van der Waals surface area contributed by atoms with Crippen LogP contribution in [0.2, 0.25) is 0 Å². The third-order valence-electron chi connectivity index (χ3n) is 6.40. The zero-order valence-electron chi connectivity index (χ0n) is 22.1. The monoisotopic (exact) mass is 548 g/mol. The van der Waals surface area contributed by atoms with Gasteiger partial charge in [-0.05, 0) is 61.4 Å². The predicted molar refractivity (Wildman–Crippen MR) is 158 cm³/mol. The van der Waals surface area contributed by atoms with E-state index in [2.05, 4.69) is 30.9 Å². The Bertz CT molecular complexity index is 1700. The van der Waals surface area contributed by atoms with Crippen LogP contribution in [0.3, 0.4) is 0 Å². The highest BCUT2D eigenvalue weighted by atomic mass is 16.4. The van der Waals surface area contributed by atoms with Gasteiger partial charge in [0.25, 0.3) is 5.91 Å². The van der Waals surface area contributed by atoms with E-state index in [1.807, 2.05) is 54.7 Å². The van der Waals surface area contributed by atoms with Crippen molar-refractivity contribution in [3.63, 3.8) is 0 Å². The molecule has 2 aromatic heterocycles. The Morgan fingerprint density at radius 1 is 0.780 bits per heavy atom. The molecule has 0 saturated carbocycles. The van der Waals surface area contributed by atoms with E-state index in [0.29, 0.717) is 35.6 Å². The lowest BCUT2D eigenvalue weighted by molar-refractivity contribution is -0.137. The summed E-state index contributed by atoms with van der Waals surface area (Å²) in [4.78, 5) is 47.5. The minimum absolute atomic E-state index is 0.0451. The topological polar surface area (TPSA) is 149 Å². The van der Waals surface area contributed by atoms with Crippen LogP contribution in [0.25, 0.3) is 22.2 Å². The third kappa shape index (κ3) is 7.12. The highest BCUT2D eigenvalue weighted by Crippen LogP contribution is 2.29. The molecule has 0 spiro atoms.